The maximum Gasteiger partial charge on any atom is 0.474 e. The van der Waals surface area contributed by atoms with Crippen LogP contribution in [0.1, 0.15) is 13.8 Å². The van der Waals surface area contributed by atoms with Gasteiger partial charge in [-0.15, -0.1) is 11.6 Å². The lowest BCUT2D eigenvalue weighted by atomic mass is 9.98. The van der Waals surface area contributed by atoms with Gasteiger partial charge in [-0.05, 0) is 13.8 Å². The monoisotopic (exact) mass is 414 g/mol. The molecule has 0 aromatic rings. The summed E-state index contributed by atoms with van der Waals surface area (Å²) in [5, 5.41) is 1.26. The normalized spacial score (nSPS) is 13.0. The first kappa shape index (κ1) is 18.4. The SMILES string of the molecule is CCOP(=O)(OCC)OCC(CCl)(CBr)CBr. The lowest BCUT2D eigenvalue weighted by molar-refractivity contribution is 0.0956. The Morgan fingerprint density at radius 3 is 1.88 bits per heavy atom. The topological polar surface area (TPSA) is 44.8 Å². The molecule has 0 aromatic heterocycles. The minimum atomic E-state index is -3.46. The average Bonchev–Trinajstić information content (AvgIpc) is 2.32. The summed E-state index contributed by atoms with van der Waals surface area (Å²) in [6, 6.07) is 0. The second-order valence-electron chi connectivity index (χ2n) is 3.46. The molecule has 0 rings (SSSR count). The van der Waals surface area contributed by atoms with E-state index in [9.17, 15) is 4.57 Å². The quantitative estimate of drug-likeness (QED) is 0.396. The largest absolute Gasteiger partial charge is 0.474 e. The van der Waals surface area contributed by atoms with E-state index < -0.39 is 7.82 Å². The van der Waals surface area contributed by atoms with Crippen molar-refractivity contribution in [2.45, 2.75) is 13.8 Å². The van der Waals surface area contributed by atoms with Crippen LogP contribution in [0.2, 0.25) is 0 Å². The molecule has 4 nitrogen and oxygen atoms in total. The van der Waals surface area contributed by atoms with Gasteiger partial charge in [-0.3, -0.25) is 13.6 Å². The first-order valence-corrected chi connectivity index (χ1v) is 9.46. The highest BCUT2D eigenvalue weighted by Crippen LogP contribution is 2.50. The molecule has 0 bridgehead atoms. The fraction of sp³-hybridized carbons (Fsp3) is 1.00. The first-order valence-electron chi connectivity index (χ1n) is 5.23. The van der Waals surface area contributed by atoms with Crippen LogP contribution in [0, 0.1) is 5.41 Å². The molecule has 0 spiro atoms. The summed E-state index contributed by atoms with van der Waals surface area (Å²) >= 11 is 12.6. The van der Waals surface area contributed by atoms with Gasteiger partial charge in [0.1, 0.15) is 0 Å². The van der Waals surface area contributed by atoms with Crippen molar-refractivity contribution >= 4 is 51.3 Å². The number of rotatable bonds is 10. The summed E-state index contributed by atoms with van der Waals surface area (Å²) < 4.78 is 27.5. The van der Waals surface area contributed by atoms with Gasteiger partial charge in [0.25, 0.3) is 0 Å². The van der Waals surface area contributed by atoms with E-state index in [2.05, 4.69) is 31.9 Å². The maximum atomic E-state index is 12.1. The van der Waals surface area contributed by atoms with Crippen molar-refractivity contribution in [1.29, 1.82) is 0 Å². The lowest BCUT2D eigenvalue weighted by Crippen LogP contribution is -2.32. The van der Waals surface area contributed by atoms with Crippen molar-refractivity contribution in [1.82, 2.24) is 0 Å². The van der Waals surface area contributed by atoms with Gasteiger partial charge >= 0.3 is 7.82 Å². The van der Waals surface area contributed by atoms with Crippen molar-refractivity contribution in [3.05, 3.63) is 0 Å². The van der Waals surface area contributed by atoms with Gasteiger partial charge < -0.3 is 0 Å². The van der Waals surface area contributed by atoms with Crippen LogP contribution in [-0.4, -0.2) is 36.4 Å². The third-order valence-electron chi connectivity index (χ3n) is 1.95. The van der Waals surface area contributed by atoms with Crippen molar-refractivity contribution in [3.63, 3.8) is 0 Å². The molecule has 0 aliphatic heterocycles. The second-order valence-corrected chi connectivity index (χ2v) is 6.51. The predicted molar refractivity (Wildman–Crippen MR) is 77.6 cm³/mol. The zero-order chi connectivity index (χ0) is 13.4. The molecule has 17 heavy (non-hydrogen) atoms. The average molecular weight is 416 g/mol. The molecule has 0 amide bonds. The van der Waals surface area contributed by atoms with E-state index in [0.717, 1.165) is 0 Å². The minimum Gasteiger partial charge on any atom is -0.287 e. The van der Waals surface area contributed by atoms with Crippen LogP contribution >= 0.6 is 51.3 Å². The highest BCUT2D eigenvalue weighted by atomic mass is 79.9. The van der Waals surface area contributed by atoms with E-state index in [1.807, 2.05) is 0 Å². The molecule has 0 radical (unpaired) electrons. The number of hydrogen-bond donors (Lipinski definition) is 0. The van der Waals surface area contributed by atoms with E-state index in [1.165, 1.54) is 0 Å². The fourth-order valence-electron chi connectivity index (χ4n) is 0.867. The van der Waals surface area contributed by atoms with Gasteiger partial charge in [-0.2, -0.15) is 0 Å². The van der Waals surface area contributed by atoms with Crippen molar-refractivity contribution < 1.29 is 18.1 Å². The van der Waals surface area contributed by atoms with Gasteiger partial charge in [0.05, 0.1) is 19.8 Å². The Labute approximate surface area is 125 Å². The number of alkyl halides is 3. The van der Waals surface area contributed by atoms with Crippen molar-refractivity contribution in [3.8, 4) is 0 Å². The van der Waals surface area contributed by atoms with Crippen LogP contribution in [-0.2, 0) is 18.1 Å². The summed E-state index contributed by atoms with van der Waals surface area (Å²) in [4.78, 5) is 0. The van der Waals surface area contributed by atoms with Crippen LogP contribution in [0.25, 0.3) is 0 Å². The number of phosphoric ester groups is 1. The molecule has 0 fully saturated rings. The Balaban J connectivity index is 4.52. The van der Waals surface area contributed by atoms with E-state index >= 15 is 0 Å². The second kappa shape index (κ2) is 9.29. The van der Waals surface area contributed by atoms with Gasteiger partial charge in [0.15, 0.2) is 0 Å². The smallest absolute Gasteiger partial charge is 0.287 e. The molecule has 104 valence electrons. The molecule has 0 aliphatic rings. The van der Waals surface area contributed by atoms with Crippen LogP contribution in [0.4, 0.5) is 0 Å². The standard InChI is InChI=1S/C9H18Br2ClO4P/c1-3-14-17(13,15-4-2)16-8-9(5-10,6-11)7-12/h3-8H2,1-2H3. The Hall–Kier alpha value is 1.36. The predicted octanol–water partition coefficient (Wildman–Crippen LogP) is 4.20. The first-order chi connectivity index (χ1) is 8.01. The zero-order valence-corrected chi connectivity index (χ0v) is 14.8. The lowest BCUT2D eigenvalue weighted by Gasteiger charge is -2.28. The molecule has 0 N–H and O–H groups in total. The molecule has 0 saturated heterocycles. The highest BCUT2D eigenvalue weighted by molar-refractivity contribution is 9.09. The van der Waals surface area contributed by atoms with Gasteiger partial charge in [0, 0.05) is 22.0 Å². The summed E-state index contributed by atoms with van der Waals surface area (Å²) in [5.41, 5.74) is -0.328. The summed E-state index contributed by atoms with van der Waals surface area (Å²) in [6.07, 6.45) is 0. The Bertz CT molecular complexity index is 233. The molecule has 0 heterocycles. The van der Waals surface area contributed by atoms with Crippen LogP contribution < -0.4 is 0 Å². The minimum absolute atomic E-state index is 0.199. The molecular weight excluding hydrogens is 398 g/mol. The highest BCUT2D eigenvalue weighted by Gasteiger charge is 2.33. The third-order valence-corrected chi connectivity index (χ3v) is 6.49. The summed E-state index contributed by atoms with van der Waals surface area (Å²) in [5.74, 6) is 0.377. The van der Waals surface area contributed by atoms with Crippen LogP contribution in [0.3, 0.4) is 0 Å². The Kier molecular flexibility index (Phi) is 10.0. The van der Waals surface area contributed by atoms with Crippen molar-refractivity contribution in [2.24, 2.45) is 5.41 Å². The van der Waals surface area contributed by atoms with Crippen LogP contribution in [0.5, 0.6) is 0 Å². The summed E-state index contributed by atoms with van der Waals surface area (Å²) in [6.45, 7) is 4.21. The number of phosphoric acid groups is 1. The van der Waals surface area contributed by atoms with Gasteiger partial charge in [-0.1, -0.05) is 31.9 Å². The maximum absolute atomic E-state index is 12.1. The summed E-state index contributed by atoms with van der Waals surface area (Å²) in [7, 11) is -3.46. The van der Waals surface area contributed by atoms with E-state index in [4.69, 9.17) is 25.2 Å². The fourth-order valence-corrected chi connectivity index (χ4v) is 4.53. The Morgan fingerprint density at radius 2 is 1.59 bits per heavy atom. The van der Waals surface area contributed by atoms with Gasteiger partial charge in [0.2, 0.25) is 0 Å². The number of halogens is 3. The molecule has 0 aliphatic carbocycles. The van der Waals surface area contributed by atoms with Gasteiger partial charge in [-0.25, -0.2) is 4.57 Å². The van der Waals surface area contributed by atoms with E-state index in [-0.39, 0.29) is 25.2 Å². The molecule has 8 heteroatoms. The molecule has 0 aromatic carbocycles. The zero-order valence-electron chi connectivity index (χ0n) is 9.96. The van der Waals surface area contributed by atoms with E-state index in [0.29, 0.717) is 16.5 Å². The molecule has 0 unspecified atom stereocenters. The molecular formula is C9H18Br2ClO4P. The Morgan fingerprint density at radius 1 is 1.12 bits per heavy atom. The molecule has 0 atom stereocenters. The van der Waals surface area contributed by atoms with Crippen LogP contribution in [0.15, 0.2) is 0 Å². The molecule has 0 saturated carbocycles. The van der Waals surface area contributed by atoms with E-state index in [1.54, 1.807) is 13.8 Å². The van der Waals surface area contributed by atoms with Crippen molar-refractivity contribution in [2.75, 3.05) is 36.4 Å². The number of hydrogen-bond acceptors (Lipinski definition) is 4. The third kappa shape index (κ3) is 6.37.